The monoisotopic (exact) mass is 374 g/mol. The van der Waals surface area contributed by atoms with Crippen molar-refractivity contribution in [2.75, 3.05) is 45.8 Å². The number of carbonyl (C=O) groups excluding carboxylic acids is 2. The van der Waals surface area contributed by atoms with E-state index in [9.17, 15) is 9.59 Å². The summed E-state index contributed by atoms with van der Waals surface area (Å²) in [6.45, 7) is 8.38. The number of hydrogen-bond acceptors (Lipinski definition) is 5. The van der Waals surface area contributed by atoms with Gasteiger partial charge in [-0.3, -0.25) is 19.2 Å². The van der Waals surface area contributed by atoms with E-state index in [1.165, 1.54) is 18.5 Å². The molecule has 1 aliphatic carbocycles. The molecule has 1 saturated carbocycles. The van der Waals surface area contributed by atoms with Crippen molar-refractivity contribution < 1.29 is 9.59 Å². The van der Waals surface area contributed by atoms with Crippen LogP contribution in [0, 0.1) is 5.92 Å². The van der Waals surface area contributed by atoms with E-state index in [2.05, 4.69) is 20.2 Å². The molecule has 1 aromatic heterocycles. The lowest BCUT2D eigenvalue weighted by Crippen LogP contribution is -2.51. The molecule has 3 aliphatic rings. The second-order valence-corrected chi connectivity index (χ2v) is 7.85. The molecule has 2 amide bonds. The number of nitrogens with zero attached hydrogens (tertiary/aromatic N) is 4. The molecule has 2 N–H and O–H groups in total. The molecule has 8 nitrogen and oxygen atoms in total. The first kappa shape index (κ1) is 18.4. The van der Waals surface area contributed by atoms with Gasteiger partial charge in [0, 0.05) is 70.0 Å². The summed E-state index contributed by atoms with van der Waals surface area (Å²) >= 11 is 0. The van der Waals surface area contributed by atoms with Crippen LogP contribution in [0.1, 0.15) is 41.5 Å². The molecule has 148 valence electrons. The first-order chi connectivity index (χ1) is 13.2. The molecule has 27 heavy (non-hydrogen) atoms. The van der Waals surface area contributed by atoms with E-state index in [1.54, 1.807) is 0 Å². The Balaban J connectivity index is 1.41. The largest absolute Gasteiger partial charge is 0.355 e. The molecule has 2 aliphatic heterocycles. The third-order valence-corrected chi connectivity index (χ3v) is 5.74. The number of piperazine rings is 1. The first-order valence-corrected chi connectivity index (χ1v) is 10.2. The summed E-state index contributed by atoms with van der Waals surface area (Å²) in [6, 6.07) is 0. The molecule has 3 heterocycles. The van der Waals surface area contributed by atoms with Crippen molar-refractivity contribution in [3.8, 4) is 0 Å². The standard InChI is InChI=1S/C19H30N6O2/c1-2-21-17(26)13-23-7-9-24(10-8-23)19(27)18-15-11-20-6-5-16(15)25(22-18)12-14-3-4-14/h14,20H,2-13H2,1H3,(H,21,26). The smallest absolute Gasteiger partial charge is 0.274 e. The average Bonchev–Trinajstić information content (AvgIpc) is 3.42. The fourth-order valence-electron chi connectivity index (χ4n) is 4.00. The van der Waals surface area contributed by atoms with Crippen molar-refractivity contribution in [3.63, 3.8) is 0 Å². The van der Waals surface area contributed by atoms with Crippen molar-refractivity contribution >= 4 is 11.8 Å². The fourth-order valence-corrected chi connectivity index (χ4v) is 4.00. The van der Waals surface area contributed by atoms with Gasteiger partial charge in [-0.25, -0.2) is 0 Å². The molecular weight excluding hydrogens is 344 g/mol. The second kappa shape index (κ2) is 7.98. The minimum absolute atomic E-state index is 0.0437. The Hall–Kier alpha value is -1.93. The third-order valence-electron chi connectivity index (χ3n) is 5.74. The molecule has 2 fully saturated rings. The van der Waals surface area contributed by atoms with Crippen LogP contribution in [0.4, 0.5) is 0 Å². The summed E-state index contributed by atoms with van der Waals surface area (Å²) in [7, 11) is 0. The lowest BCUT2D eigenvalue weighted by atomic mass is 10.1. The number of hydrogen-bond donors (Lipinski definition) is 2. The van der Waals surface area contributed by atoms with E-state index in [0.717, 1.165) is 50.6 Å². The molecule has 0 radical (unpaired) electrons. The lowest BCUT2D eigenvalue weighted by Gasteiger charge is -2.34. The summed E-state index contributed by atoms with van der Waals surface area (Å²) in [5.41, 5.74) is 2.98. The van der Waals surface area contributed by atoms with E-state index in [4.69, 9.17) is 5.10 Å². The fraction of sp³-hybridized carbons (Fsp3) is 0.737. The predicted molar refractivity (Wildman–Crippen MR) is 101 cm³/mol. The van der Waals surface area contributed by atoms with Gasteiger partial charge in [-0.1, -0.05) is 0 Å². The van der Waals surface area contributed by atoms with Crippen molar-refractivity contribution in [1.82, 2.24) is 30.2 Å². The van der Waals surface area contributed by atoms with Gasteiger partial charge in [0.2, 0.25) is 5.91 Å². The highest BCUT2D eigenvalue weighted by atomic mass is 16.2. The van der Waals surface area contributed by atoms with Crippen LogP contribution in [0.2, 0.25) is 0 Å². The van der Waals surface area contributed by atoms with Gasteiger partial charge in [-0.15, -0.1) is 0 Å². The zero-order valence-corrected chi connectivity index (χ0v) is 16.2. The Kier molecular flexibility index (Phi) is 5.45. The summed E-state index contributed by atoms with van der Waals surface area (Å²) < 4.78 is 2.10. The van der Waals surface area contributed by atoms with Gasteiger partial charge in [-0.05, 0) is 25.7 Å². The van der Waals surface area contributed by atoms with E-state index in [0.29, 0.717) is 31.9 Å². The van der Waals surface area contributed by atoms with Gasteiger partial charge in [0.1, 0.15) is 0 Å². The minimum atomic E-state index is 0.0437. The van der Waals surface area contributed by atoms with E-state index < -0.39 is 0 Å². The van der Waals surface area contributed by atoms with Gasteiger partial charge in [0.15, 0.2) is 5.69 Å². The highest BCUT2D eigenvalue weighted by Gasteiger charge is 2.31. The van der Waals surface area contributed by atoms with Crippen LogP contribution in [0.15, 0.2) is 0 Å². The first-order valence-electron chi connectivity index (χ1n) is 10.2. The van der Waals surface area contributed by atoms with Crippen LogP contribution in [0.3, 0.4) is 0 Å². The van der Waals surface area contributed by atoms with Gasteiger partial charge in [0.05, 0.1) is 6.54 Å². The topological polar surface area (TPSA) is 82.5 Å². The van der Waals surface area contributed by atoms with E-state index >= 15 is 0 Å². The molecule has 1 aromatic rings. The molecule has 8 heteroatoms. The van der Waals surface area contributed by atoms with Crippen LogP contribution >= 0.6 is 0 Å². The molecule has 0 unspecified atom stereocenters. The van der Waals surface area contributed by atoms with Crippen molar-refractivity contribution in [2.45, 2.75) is 39.3 Å². The number of rotatable bonds is 6. The summed E-state index contributed by atoms with van der Waals surface area (Å²) in [6.07, 6.45) is 3.51. The highest BCUT2D eigenvalue weighted by Crippen LogP contribution is 2.32. The lowest BCUT2D eigenvalue weighted by molar-refractivity contribution is -0.122. The molecule has 0 bridgehead atoms. The van der Waals surface area contributed by atoms with Crippen LogP contribution in [-0.4, -0.2) is 77.2 Å². The SMILES string of the molecule is CCNC(=O)CN1CCN(C(=O)c2nn(CC3CC3)c3c2CNCC3)CC1. The Labute approximate surface area is 160 Å². The molecule has 1 saturated heterocycles. The summed E-state index contributed by atoms with van der Waals surface area (Å²) in [5.74, 6) is 0.836. The quantitative estimate of drug-likeness (QED) is 0.723. The number of carbonyl (C=O) groups is 2. The zero-order valence-electron chi connectivity index (χ0n) is 16.2. The van der Waals surface area contributed by atoms with Crippen molar-refractivity contribution in [1.29, 1.82) is 0 Å². The second-order valence-electron chi connectivity index (χ2n) is 7.85. The normalized spacial score (nSPS) is 20.4. The Bertz CT molecular complexity index is 703. The minimum Gasteiger partial charge on any atom is -0.355 e. The number of nitrogens with one attached hydrogen (secondary N) is 2. The Morgan fingerprint density at radius 1 is 1.22 bits per heavy atom. The number of likely N-dealkylation sites (N-methyl/N-ethyl adjacent to an activating group) is 1. The van der Waals surface area contributed by atoms with E-state index in [1.807, 2.05) is 11.8 Å². The van der Waals surface area contributed by atoms with Crippen LogP contribution < -0.4 is 10.6 Å². The number of aromatic nitrogens is 2. The van der Waals surface area contributed by atoms with Crippen molar-refractivity contribution in [3.05, 3.63) is 17.0 Å². The molecule has 0 spiro atoms. The molecule has 4 rings (SSSR count). The Morgan fingerprint density at radius 2 is 2.00 bits per heavy atom. The Morgan fingerprint density at radius 3 is 2.70 bits per heavy atom. The molecule has 0 atom stereocenters. The molecular formula is C19H30N6O2. The maximum atomic E-state index is 13.1. The van der Waals surface area contributed by atoms with Crippen molar-refractivity contribution in [2.24, 2.45) is 5.92 Å². The van der Waals surface area contributed by atoms with Crippen LogP contribution in [0.25, 0.3) is 0 Å². The van der Waals surface area contributed by atoms with Gasteiger partial charge in [0.25, 0.3) is 5.91 Å². The molecule has 0 aromatic carbocycles. The van der Waals surface area contributed by atoms with Gasteiger partial charge in [-0.2, -0.15) is 5.10 Å². The van der Waals surface area contributed by atoms with E-state index in [-0.39, 0.29) is 11.8 Å². The number of amides is 2. The van der Waals surface area contributed by atoms with Crippen LogP contribution in [-0.2, 0) is 24.3 Å². The van der Waals surface area contributed by atoms with Crippen LogP contribution in [0.5, 0.6) is 0 Å². The third kappa shape index (κ3) is 4.16. The van der Waals surface area contributed by atoms with Gasteiger partial charge < -0.3 is 15.5 Å². The maximum absolute atomic E-state index is 13.1. The zero-order chi connectivity index (χ0) is 18.8. The average molecular weight is 374 g/mol. The maximum Gasteiger partial charge on any atom is 0.274 e. The van der Waals surface area contributed by atoms with Gasteiger partial charge >= 0.3 is 0 Å². The highest BCUT2D eigenvalue weighted by molar-refractivity contribution is 5.94. The summed E-state index contributed by atoms with van der Waals surface area (Å²) in [5, 5.41) is 11.0. The summed E-state index contributed by atoms with van der Waals surface area (Å²) in [4.78, 5) is 28.9. The predicted octanol–water partition coefficient (Wildman–Crippen LogP) is -0.167. The number of fused-ring (bicyclic) bond motifs is 1.